The number of carboxylic acid groups (broad SMARTS) is 1. The molecule has 1 rings (SSSR count). The summed E-state index contributed by atoms with van der Waals surface area (Å²) in [5.41, 5.74) is 7.53. The highest BCUT2D eigenvalue weighted by atomic mass is 32.1. The lowest BCUT2D eigenvalue weighted by atomic mass is 10.4. The molecule has 0 saturated carbocycles. The summed E-state index contributed by atoms with van der Waals surface area (Å²) in [6.45, 7) is 0. The lowest BCUT2D eigenvalue weighted by Crippen LogP contribution is -2.23. The van der Waals surface area contributed by atoms with Gasteiger partial charge in [0.25, 0.3) is 0 Å². The van der Waals surface area contributed by atoms with Crippen molar-refractivity contribution < 1.29 is 9.90 Å². The van der Waals surface area contributed by atoms with Crippen molar-refractivity contribution in [1.29, 1.82) is 5.53 Å². The van der Waals surface area contributed by atoms with Crippen molar-refractivity contribution in [2.75, 3.05) is 0 Å². The zero-order valence-corrected chi connectivity index (χ0v) is 7.11. The van der Waals surface area contributed by atoms with Crippen LogP contribution in [0.2, 0.25) is 0 Å². The Morgan fingerprint density at radius 1 is 1.85 bits per heavy atom. The number of carbonyl (C=O) groups is 1. The fourth-order valence-corrected chi connectivity index (χ4v) is 1.16. The van der Waals surface area contributed by atoms with Crippen LogP contribution in [0.5, 0.6) is 0 Å². The number of rotatable bonds is 3. The summed E-state index contributed by atoms with van der Waals surface area (Å²) in [4.78, 5) is 17.3. The topological polar surface area (TPSA) is 103 Å². The molecule has 1 heterocycles. The number of thiazole rings is 1. The van der Waals surface area contributed by atoms with Gasteiger partial charge in [-0.2, -0.15) is 0 Å². The van der Waals surface area contributed by atoms with Gasteiger partial charge in [0.05, 0.1) is 11.5 Å². The van der Waals surface area contributed by atoms with Gasteiger partial charge in [-0.05, 0) is 6.08 Å². The first-order chi connectivity index (χ1) is 6.24. The van der Waals surface area contributed by atoms with Crippen molar-refractivity contribution in [2.24, 2.45) is 5.11 Å². The summed E-state index contributed by atoms with van der Waals surface area (Å²) in [6.07, 6.45) is 2.72. The van der Waals surface area contributed by atoms with Gasteiger partial charge in [0.15, 0.2) is 10.8 Å². The molecule has 0 aliphatic rings. The molecule has 0 unspecified atom stereocenters. The molecule has 0 aromatic carbocycles. The minimum Gasteiger partial charge on any atom is -0.543 e. The van der Waals surface area contributed by atoms with Crippen LogP contribution in [0.4, 0.5) is 0 Å². The Morgan fingerprint density at radius 2 is 2.62 bits per heavy atom. The minimum atomic E-state index is -1.47. The summed E-state index contributed by atoms with van der Waals surface area (Å²) in [6, 6.07) is 0. The fraction of sp³-hybridized carbons (Fsp3) is 0. The summed E-state index contributed by atoms with van der Waals surface area (Å²) in [5, 5.41) is 13.5. The number of aliphatic carboxylic acids is 1. The third-order valence-corrected chi connectivity index (χ3v) is 1.82. The number of nitrogens with one attached hydrogen (secondary N) is 1. The minimum absolute atomic E-state index is 0.390. The van der Waals surface area contributed by atoms with E-state index < -0.39 is 5.97 Å². The van der Waals surface area contributed by atoms with E-state index in [0.717, 1.165) is 0 Å². The molecule has 13 heavy (non-hydrogen) atoms. The highest BCUT2D eigenvalue weighted by molar-refractivity contribution is 7.10. The Hall–Kier alpha value is -1.85. The second-order valence-corrected chi connectivity index (χ2v) is 2.84. The summed E-state index contributed by atoms with van der Waals surface area (Å²) >= 11 is 1.25. The maximum Gasteiger partial charge on any atom is 0.220 e. The Bertz CT molecular complexity index is 373. The molecule has 0 saturated heterocycles. The third kappa shape index (κ3) is 2.58. The summed E-state index contributed by atoms with van der Waals surface area (Å²) in [7, 11) is 0. The second-order valence-electron chi connectivity index (χ2n) is 1.92. The van der Waals surface area contributed by atoms with Crippen molar-refractivity contribution in [3.8, 4) is 0 Å². The van der Waals surface area contributed by atoms with Crippen LogP contribution in [0.25, 0.3) is 6.08 Å². The van der Waals surface area contributed by atoms with Crippen LogP contribution >= 0.6 is 11.3 Å². The van der Waals surface area contributed by atoms with E-state index in [1.807, 2.05) is 0 Å². The molecule has 0 spiro atoms. The van der Waals surface area contributed by atoms with Crippen molar-refractivity contribution in [3.05, 3.63) is 22.3 Å². The molecule has 0 amide bonds. The Labute approximate surface area is 76.8 Å². The largest absolute Gasteiger partial charge is 0.543 e. The van der Waals surface area contributed by atoms with Gasteiger partial charge in [-0.25, -0.2) is 0 Å². The molecule has 0 bridgehead atoms. The molecule has 0 aliphatic carbocycles. The molecular formula is C6H4N4O2S. The molecular weight excluding hydrogens is 192 g/mol. The van der Waals surface area contributed by atoms with Gasteiger partial charge >= 0.3 is 0 Å². The third-order valence-electron chi connectivity index (χ3n) is 1.10. The SMILES string of the molecule is N=[N+]=NC(=Cc1cncs1)C(=O)[O-]. The molecule has 0 atom stereocenters. The van der Waals surface area contributed by atoms with Crippen LogP contribution in [-0.4, -0.2) is 11.0 Å². The van der Waals surface area contributed by atoms with Gasteiger partial charge in [0.2, 0.25) is 4.91 Å². The smallest absolute Gasteiger partial charge is 0.220 e. The number of aromatic nitrogens is 1. The van der Waals surface area contributed by atoms with Crippen LogP contribution < -0.4 is 10.0 Å². The van der Waals surface area contributed by atoms with Crippen molar-refractivity contribution >= 4 is 23.4 Å². The van der Waals surface area contributed by atoms with Crippen molar-refractivity contribution in [2.45, 2.75) is 0 Å². The van der Waals surface area contributed by atoms with E-state index in [1.54, 1.807) is 5.51 Å². The van der Waals surface area contributed by atoms with Crippen molar-refractivity contribution in [1.82, 2.24) is 9.90 Å². The van der Waals surface area contributed by atoms with E-state index in [4.69, 9.17) is 5.53 Å². The summed E-state index contributed by atoms with van der Waals surface area (Å²) in [5.74, 6) is -1.47. The molecule has 0 radical (unpaired) electrons. The molecule has 1 aromatic heterocycles. The van der Waals surface area contributed by atoms with Crippen LogP contribution in [0, 0.1) is 5.53 Å². The number of nitrogens with zero attached hydrogens (tertiary/aromatic N) is 3. The van der Waals surface area contributed by atoms with Crippen LogP contribution in [0.15, 0.2) is 22.5 Å². The number of hydrogen-bond acceptors (Lipinski definition) is 6. The Balaban J connectivity index is 3.00. The monoisotopic (exact) mass is 196 g/mol. The molecule has 7 heteroatoms. The lowest BCUT2D eigenvalue weighted by molar-refractivity contribution is -0.299. The molecule has 6 nitrogen and oxygen atoms in total. The Morgan fingerprint density at radius 3 is 3.08 bits per heavy atom. The van der Waals surface area contributed by atoms with E-state index in [2.05, 4.69) is 15.0 Å². The highest BCUT2D eigenvalue weighted by Gasteiger charge is 2.03. The maximum absolute atomic E-state index is 10.4. The highest BCUT2D eigenvalue weighted by Crippen LogP contribution is 2.11. The molecule has 1 N–H and O–H groups in total. The van der Waals surface area contributed by atoms with E-state index in [1.165, 1.54) is 23.6 Å². The zero-order valence-electron chi connectivity index (χ0n) is 6.30. The number of carbonyl (C=O) groups excluding carboxylic acids is 1. The first-order valence-electron chi connectivity index (χ1n) is 3.13. The average molecular weight is 196 g/mol. The standard InChI is InChI=1S/C6H4N4O2S/c7-10-9-5(6(11)12)1-4-2-8-3-13-4/h1-3,7H. The quantitative estimate of drug-likeness (QED) is 0.410. The predicted molar refractivity (Wildman–Crippen MR) is 42.4 cm³/mol. The average Bonchev–Trinajstić information content (AvgIpc) is 2.56. The first-order valence-corrected chi connectivity index (χ1v) is 4.01. The molecule has 0 fully saturated rings. The lowest BCUT2D eigenvalue weighted by Gasteiger charge is -1.92. The van der Waals surface area contributed by atoms with E-state index in [9.17, 15) is 9.90 Å². The first kappa shape index (κ1) is 9.24. The molecule has 1 aromatic rings. The van der Waals surface area contributed by atoms with Crippen LogP contribution in [0.3, 0.4) is 0 Å². The van der Waals surface area contributed by atoms with E-state index >= 15 is 0 Å². The predicted octanol–water partition coefficient (Wildman–Crippen LogP) is -0.216. The number of hydrogen-bond donors (Lipinski definition) is 1. The molecule has 0 aliphatic heterocycles. The van der Waals surface area contributed by atoms with Gasteiger partial charge in [-0.1, -0.05) is 0 Å². The molecule has 66 valence electrons. The van der Waals surface area contributed by atoms with Crippen molar-refractivity contribution in [3.63, 3.8) is 0 Å². The normalized spacial score (nSPS) is 10.6. The van der Waals surface area contributed by atoms with Gasteiger partial charge in [0.1, 0.15) is 5.53 Å². The number of carboxylic acids is 1. The zero-order chi connectivity index (χ0) is 9.68. The summed E-state index contributed by atoms with van der Waals surface area (Å²) < 4.78 is 0. The van der Waals surface area contributed by atoms with Gasteiger partial charge in [-0.3, -0.25) is 4.98 Å². The van der Waals surface area contributed by atoms with Crippen LogP contribution in [0.1, 0.15) is 4.88 Å². The second kappa shape index (κ2) is 4.24. The van der Waals surface area contributed by atoms with Crippen LogP contribution in [-0.2, 0) is 4.79 Å². The van der Waals surface area contributed by atoms with Gasteiger partial charge < -0.3 is 9.90 Å². The maximum atomic E-state index is 10.4. The van der Waals surface area contributed by atoms with Gasteiger partial charge in [-0.15, -0.1) is 11.3 Å². The Kier molecular flexibility index (Phi) is 3.02. The van der Waals surface area contributed by atoms with E-state index in [0.29, 0.717) is 4.88 Å². The van der Waals surface area contributed by atoms with E-state index in [-0.39, 0.29) is 5.70 Å². The van der Waals surface area contributed by atoms with Gasteiger partial charge in [0, 0.05) is 11.1 Å². The fourth-order valence-electron chi connectivity index (χ4n) is 0.614.